The zero-order valence-electron chi connectivity index (χ0n) is 11.3. The van der Waals surface area contributed by atoms with Gasteiger partial charge in [0.25, 0.3) is 11.2 Å². The van der Waals surface area contributed by atoms with Crippen LogP contribution in [-0.4, -0.2) is 22.0 Å². The van der Waals surface area contributed by atoms with Gasteiger partial charge in [-0.2, -0.15) is 0 Å². The van der Waals surface area contributed by atoms with Gasteiger partial charge in [-0.15, -0.1) is 0 Å². The van der Waals surface area contributed by atoms with Crippen molar-refractivity contribution in [3.63, 3.8) is 0 Å². The second-order valence-corrected chi connectivity index (χ2v) is 5.44. The van der Waals surface area contributed by atoms with Gasteiger partial charge in [0.15, 0.2) is 0 Å². The SMILES string of the molecule is COCc1nc(-c2cc([N+](=O)[O-])ccc2C)[nH]c(=O)c1I. The first kappa shape index (κ1) is 15.6. The largest absolute Gasteiger partial charge is 0.378 e. The van der Waals surface area contributed by atoms with Gasteiger partial charge in [0.2, 0.25) is 0 Å². The predicted molar refractivity (Wildman–Crippen MR) is 85.1 cm³/mol. The number of aromatic nitrogens is 2. The maximum absolute atomic E-state index is 11.9. The van der Waals surface area contributed by atoms with Crippen molar-refractivity contribution < 1.29 is 9.66 Å². The number of H-pyrrole nitrogens is 1. The third-order valence-corrected chi connectivity index (χ3v) is 4.01. The van der Waals surface area contributed by atoms with Crippen LogP contribution in [0.5, 0.6) is 0 Å². The molecule has 0 saturated carbocycles. The minimum absolute atomic E-state index is 0.0508. The van der Waals surface area contributed by atoms with E-state index >= 15 is 0 Å². The first-order valence-corrected chi connectivity index (χ1v) is 7.05. The highest BCUT2D eigenvalue weighted by Crippen LogP contribution is 2.25. The molecule has 8 heteroatoms. The molecule has 0 atom stereocenters. The molecule has 1 aromatic carbocycles. The van der Waals surface area contributed by atoms with Crippen molar-refractivity contribution in [3.8, 4) is 11.4 Å². The quantitative estimate of drug-likeness (QED) is 0.482. The molecule has 0 aliphatic carbocycles. The Bertz CT molecular complexity index is 758. The Labute approximate surface area is 133 Å². The van der Waals surface area contributed by atoms with Crippen LogP contribution in [0.4, 0.5) is 5.69 Å². The summed E-state index contributed by atoms with van der Waals surface area (Å²) in [5.74, 6) is 0.300. The van der Waals surface area contributed by atoms with Crippen molar-refractivity contribution in [2.45, 2.75) is 13.5 Å². The minimum atomic E-state index is -0.482. The molecule has 0 aliphatic rings. The second kappa shape index (κ2) is 6.31. The van der Waals surface area contributed by atoms with Crippen LogP contribution in [-0.2, 0) is 11.3 Å². The lowest BCUT2D eigenvalue weighted by Crippen LogP contribution is -2.17. The summed E-state index contributed by atoms with van der Waals surface area (Å²) < 4.78 is 5.46. The molecule has 2 aromatic rings. The summed E-state index contributed by atoms with van der Waals surface area (Å²) in [6.45, 7) is 2.00. The van der Waals surface area contributed by atoms with Gasteiger partial charge in [0.05, 0.1) is 17.2 Å². The van der Waals surface area contributed by atoms with Crippen molar-refractivity contribution in [2.24, 2.45) is 0 Å². The maximum Gasteiger partial charge on any atom is 0.270 e. The lowest BCUT2D eigenvalue weighted by atomic mass is 10.1. The molecule has 21 heavy (non-hydrogen) atoms. The van der Waals surface area contributed by atoms with E-state index in [0.29, 0.717) is 20.7 Å². The number of nitrogens with one attached hydrogen (secondary N) is 1. The highest BCUT2D eigenvalue weighted by Gasteiger charge is 2.15. The van der Waals surface area contributed by atoms with Gasteiger partial charge in [-0.05, 0) is 35.1 Å². The molecule has 0 spiro atoms. The van der Waals surface area contributed by atoms with Crippen LogP contribution in [0.3, 0.4) is 0 Å². The van der Waals surface area contributed by atoms with Crippen LogP contribution >= 0.6 is 22.6 Å². The summed E-state index contributed by atoms with van der Waals surface area (Å²) in [6.07, 6.45) is 0. The molecule has 1 N–H and O–H groups in total. The molecule has 0 saturated heterocycles. The van der Waals surface area contributed by atoms with Crippen molar-refractivity contribution >= 4 is 28.3 Å². The minimum Gasteiger partial charge on any atom is -0.378 e. The number of rotatable bonds is 4. The van der Waals surface area contributed by atoms with Gasteiger partial charge in [-0.3, -0.25) is 14.9 Å². The smallest absolute Gasteiger partial charge is 0.270 e. The normalized spacial score (nSPS) is 10.6. The number of halogens is 1. The monoisotopic (exact) mass is 401 g/mol. The van der Waals surface area contributed by atoms with E-state index < -0.39 is 4.92 Å². The molecule has 110 valence electrons. The maximum atomic E-state index is 11.9. The standard InChI is InChI=1S/C13H12IN3O4/c1-7-3-4-8(17(19)20)5-9(7)12-15-10(6-21-2)11(14)13(18)16-12/h3-5H,6H2,1-2H3,(H,15,16,18). The fourth-order valence-corrected chi connectivity index (χ4v) is 2.26. The number of hydrogen-bond donors (Lipinski definition) is 1. The summed E-state index contributed by atoms with van der Waals surface area (Å²) in [5.41, 5.74) is 1.47. The van der Waals surface area contributed by atoms with Gasteiger partial charge < -0.3 is 9.72 Å². The number of nitro benzene ring substituents is 1. The van der Waals surface area contributed by atoms with E-state index in [1.165, 1.54) is 19.2 Å². The van der Waals surface area contributed by atoms with Crippen LogP contribution in [0.15, 0.2) is 23.0 Å². The first-order valence-electron chi connectivity index (χ1n) is 5.97. The van der Waals surface area contributed by atoms with E-state index in [1.54, 1.807) is 13.0 Å². The van der Waals surface area contributed by atoms with Crippen LogP contribution in [0.1, 0.15) is 11.3 Å². The van der Waals surface area contributed by atoms with Crippen LogP contribution < -0.4 is 5.56 Å². The number of methoxy groups -OCH3 is 1. The third kappa shape index (κ3) is 3.27. The highest BCUT2D eigenvalue weighted by molar-refractivity contribution is 14.1. The summed E-state index contributed by atoms with van der Waals surface area (Å²) in [5, 5.41) is 10.9. The van der Waals surface area contributed by atoms with Crippen molar-refractivity contribution in [1.29, 1.82) is 0 Å². The number of hydrogen-bond acceptors (Lipinski definition) is 5. The number of ether oxygens (including phenoxy) is 1. The molecule has 0 fully saturated rings. The van der Waals surface area contributed by atoms with E-state index in [0.717, 1.165) is 5.56 Å². The molecular weight excluding hydrogens is 389 g/mol. The summed E-state index contributed by atoms with van der Waals surface area (Å²) in [6, 6.07) is 4.44. The molecule has 2 rings (SSSR count). The molecule has 0 radical (unpaired) electrons. The predicted octanol–water partition coefficient (Wildman–Crippen LogP) is 2.40. The summed E-state index contributed by atoms with van der Waals surface area (Å²) >= 11 is 1.90. The Morgan fingerprint density at radius 3 is 2.81 bits per heavy atom. The van der Waals surface area contributed by atoms with E-state index in [1.807, 2.05) is 22.6 Å². The number of non-ortho nitro benzene ring substituents is 1. The van der Waals surface area contributed by atoms with Gasteiger partial charge >= 0.3 is 0 Å². The number of benzene rings is 1. The van der Waals surface area contributed by atoms with Crippen molar-refractivity contribution in [2.75, 3.05) is 7.11 Å². The zero-order valence-corrected chi connectivity index (χ0v) is 13.5. The van der Waals surface area contributed by atoms with Crippen LogP contribution in [0.2, 0.25) is 0 Å². The summed E-state index contributed by atoms with van der Waals surface area (Å²) in [7, 11) is 1.51. The molecule has 0 bridgehead atoms. The Balaban J connectivity index is 2.64. The Hall–Kier alpha value is -1.81. The summed E-state index contributed by atoms with van der Waals surface area (Å²) in [4.78, 5) is 29.3. The van der Waals surface area contributed by atoms with Crippen LogP contribution in [0, 0.1) is 20.6 Å². The van der Waals surface area contributed by atoms with Gasteiger partial charge in [0, 0.05) is 24.8 Å². The first-order chi connectivity index (χ1) is 9.93. The van der Waals surface area contributed by atoms with Crippen molar-refractivity contribution in [3.05, 3.63) is 53.5 Å². The second-order valence-electron chi connectivity index (χ2n) is 4.36. The fourth-order valence-electron chi connectivity index (χ4n) is 1.84. The molecule has 1 heterocycles. The lowest BCUT2D eigenvalue weighted by molar-refractivity contribution is -0.384. The molecule has 0 unspecified atom stereocenters. The molecule has 1 aromatic heterocycles. The van der Waals surface area contributed by atoms with Gasteiger partial charge in [-0.25, -0.2) is 4.98 Å². The topological polar surface area (TPSA) is 98.1 Å². The highest BCUT2D eigenvalue weighted by atomic mass is 127. The molecule has 0 aliphatic heterocycles. The number of aryl methyl sites for hydroxylation is 1. The van der Waals surface area contributed by atoms with E-state index in [9.17, 15) is 14.9 Å². The molecule has 7 nitrogen and oxygen atoms in total. The molecular formula is C13H12IN3O4. The Kier molecular flexibility index (Phi) is 4.68. The number of nitrogens with zero attached hydrogens (tertiary/aromatic N) is 2. The number of nitro groups is 1. The van der Waals surface area contributed by atoms with E-state index in [4.69, 9.17) is 4.74 Å². The molecule has 0 amide bonds. The van der Waals surface area contributed by atoms with Gasteiger partial charge in [-0.1, -0.05) is 6.07 Å². The van der Waals surface area contributed by atoms with E-state index in [2.05, 4.69) is 9.97 Å². The third-order valence-electron chi connectivity index (χ3n) is 2.90. The Morgan fingerprint density at radius 2 is 2.19 bits per heavy atom. The zero-order chi connectivity index (χ0) is 15.6. The average molecular weight is 401 g/mol. The van der Waals surface area contributed by atoms with E-state index in [-0.39, 0.29) is 17.9 Å². The number of aromatic amines is 1. The lowest BCUT2D eigenvalue weighted by Gasteiger charge is -2.08. The van der Waals surface area contributed by atoms with Crippen molar-refractivity contribution in [1.82, 2.24) is 9.97 Å². The van der Waals surface area contributed by atoms with Crippen LogP contribution in [0.25, 0.3) is 11.4 Å². The Morgan fingerprint density at radius 1 is 1.48 bits per heavy atom. The average Bonchev–Trinajstić information content (AvgIpc) is 2.44. The van der Waals surface area contributed by atoms with Gasteiger partial charge in [0.1, 0.15) is 9.39 Å². The fraction of sp³-hybridized carbons (Fsp3) is 0.231.